The van der Waals surface area contributed by atoms with Gasteiger partial charge in [0.15, 0.2) is 11.6 Å². The molecule has 0 nitrogen and oxygen atoms in total. The van der Waals surface area contributed by atoms with Gasteiger partial charge in [-0.25, -0.2) is 8.78 Å². The van der Waals surface area contributed by atoms with E-state index in [4.69, 9.17) is 0 Å². The maximum atomic E-state index is 12.7. The van der Waals surface area contributed by atoms with Crippen molar-refractivity contribution in [2.45, 2.75) is 19.5 Å². The number of hydrogen-bond donors (Lipinski definition) is 0. The fraction of sp³-hybridized carbons (Fsp3) is 0.333. The first-order valence-corrected chi connectivity index (χ1v) is 3.91. The molecule has 0 saturated heterocycles. The van der Waals surface area contributed by atoms with Crippen molar-refractivity contribution in [1.29, 1.82) is 0 Å². The largest absolute Gasteiger partial charge is 0.419 e. The van der Waals surface area contributed by atoms with Crippen molar-refractivity contribution in [3.63, 3.8) is 0 Å². The Morgan fingerprint density at radius 2 is 1.71 bits per heavy atom. The third-order valence-corrected chi connectivity index (χ3v) is 1.80. The number of rotatable bonds is 1. The first kappa shape index (κ1) is 10.9. The summed E-state index contributed by atoms with van der Waals surface area (Å²) in [5.41, 5.74) is -1.43. The third-order valence-electron chi connectivity index (χ3n) is 1.80. The molecule has 0 heterocycles. The molecule has 0 aromatic heterocycles. The SMILES string of the molecule is CCc1cc(F)c(F)c(C(F)(F)F)c1. The molecule has 0 bridgehead atoms. The van der Waals surface area contributed by atoms with Gasteiger partial charge in [-0.1, -0.05) is 6.92 Å². The van der Waals surface area contributed by atoms with Gasteiger partial charge in [0.05, 0.1) is 5.56 Å². The molecule has 78 valence electrons. The van der Waals surface area contributed by atoms with Crippen LogP contribution in [0.2, 0.25) is 0 Å². The Kier molecular flexibility index (Phi) is 2.78. The van der Waals surface area contributed by atoms with Crippen LogP contribution in [0.5, 0.6) is 0 Å². The van der Waals surface area contributed by atoms with E-state index in [9.17, 15) is 22.0 Å². The molecule has 0 amide bonds. The van der Waals surface area contributed by atoms with Crippen LogP contribution in [-0.2, 0) is 12.6 Å². The van der Waals surface area contributed by atoms with Crippen LogP contribution >= 0.6 is 0 Å². The van der Waals surface area contributed by atoms with Gasteiger partial charge in [0, 0.05) is 0 Å². The van der Waals surface area contributed by atoms with Gasteiger partial charge in [-0.15, -0.1) is 0 Å². The smallest absolute Gasteiger partial charge is 0.204 e. The van der Waals surface area contributed by atoms with Gasteiger partial charge in [0.1, 0.15) is 0 Å². The van der Waals surface area contributed by atoms with Crippen molar-refractivity contribution in [2.75, 3.05) is 0 Å². The zero-order valence-corrected chi connectivity index (χ0v) is 7.25. The molecule has 0 aliphatic heterocycles. The summed E-state index contributed by atoms with van der Waals surface area (Å²) in [5, 5.41) is 0. The van der Waals surface area contributed by atoms with Gasteiger partial charge in [0.2, 0.25) is 0 Å². The molecule has 0 spiro atoms. The molecule has 0 radical (unpaired) electrons. The highest BCUT2D eigenvalue weighted by Gasteiger charge is 2.35. The van der Waals surface area contributed by atoms with Gasteiger partial charge in [-0.2, -0.15) is 13.2 Å². The van der Waals surface area contributed by atoms with Crippen LogP contribution in [0.15, 0.2) is 12.1 Å². The molecule has 0 unspecified atom stereocenters. The molecule has 0 saturated carbocycles. The van der Waals surface area contributed by atoms with E-state index in [1.807, 2.05) is 0 Å². The van der Waals surface area contributed by atoms with Gasteiger partial charge in [-0.3, -0.25) is 0 Å². The van der Waals surface area contributed by atoms with E-state index in [1.165, 1.54) is 0 Å². The van der Waals surface area contributed by atoms with Gasteiger partial charge < -0.3 is 0 Å². The number of benzene rings is 1. The molecule has 1 rings (SSSR count). The molecule has 0 aliphatic carbocycles. The molecule has 14 heavy (non-hydrogen) atoms. The van der Waals surface area contributed by atoms with Crippen LogP contribution < -0.4 is 0 Å². The van der Waals surface area contributed by atoms with Crippen molar-refractivity contribution in [1.82, 2.24) is 0 Å². The molecule has 0 atom stereocenters. The minimum atomic E-state index is -4.85. The molecule has 1 aromatic rings. The van der Waals surface area contributed by atoms with Crippen molar-refractivity contribution in [2.24, 2.45) is 0 Å². The second-order valence-electron chi connectivity index (χ2n) is 2.79. The first-order chi connectivity index (χ1) is 6.36. The lowest BCUT2D eigenvalue weighted by molar-refractivity contribution is -0.140. The molecule has 0 fully saturated rings. The van der Waals surface area contributed by atoms with E-state index in [1.54, 1.807) is 6.92 Å². The summed E-state index contributed by atoms with van der Waals surface area (Å²) in [6.45, 7) is 1.56. The monoisotopic (exact) mass is 210 g/mol. The average molecular weight is 210 g/mol. The van der Waals surface area contributed by atoms with E-state index in [2.05, 4.69) is 0 Å². The van der Waals surface area contributed by atoms with Crippen LogP contribution in [0.4, 0.5) is 22.0 Å². The van der Waals surface area contributed by atoms with E-state index in [-0.39, 0.29) is 12.0 Å². The quantitative estimate of drug-likeness (QED) is 0.622. The molecular weight excluding hydrogens is 203 g/mol. The molecule has 5 heteroatoms. The van der Waals surface area contributed by atoms with E-state index in [0.717, 1.165) is 6.07 Å². The Labute approximate surface area is 77.4 Å². The number of alkyl halides is 3. The highest BCUT2D eigenvalue weighted by molar-refractivity contribution is 5.28. The zero-order chi connectivity index (χ0) is 10.9. The lowest BCUT2D eigenvalue weighted by atomic mass is 10.1. The predicted molar refractivity (Wildman–Crippen MR) is 40.7 cm³/mol. The van der Waals surface area contributed by atoms with Gasteiger partial charge in [0.25, 0.3) is 0 Å². The minimum absolute atomic E-state index is 0.122. The fourth-order valence-electron chi connectivity index (χ4n) is 1.06. The van der Waals surface area contributed by atoms with Gasteiger partial charge in [-0.05, 0) is 24.1 Å². The Bertz CT molecular complexity index is 340. The standard InChI is InChI=1S/C9H7F5/c1-2-5-3-6(9(12,13)14)8(11)7(10)4-5/h3-4H,2H2,1H3. The summed E-state index contributed by atoms with van der Waals surface area (Å²) in [7, 11) is 0. The summed E-state index contributed by atoms with van der Waals surface area (Å²) < 4.78 is 61.8. The molecule has 0 N–H and O–H groups in total. The summed E-state index contributed by atoms with van der Waals surface area (Å²) >= 11 is 0. The lowest BCUT2D eigenvalue weighted by Gasteiger charge is -2.09. The Hall–Kier alpha value is -1.13. The number of hydrogen-bond acceptors (Lipinski definition) is 0. The summed E-state index contributed by atoms with van der Waals surface area (Å²) in [4.78, 5) is 0. The van der Waals surface area contributed by atoms with Crippen molar-refractivity contribution in [3.05, 3.63) is 34.9 Å². The predicted octanol–water partition coefficient (Wildman–Crippen LogP) is 3.55. The van der Waals surface area contributed by atoms with Crippen LogP contribution in [-0.4, -0.2) is 0 Å². The molecular formula is C9H7F5. The van der Waals surface area contributed by atoms with Crippen LogP contribution in [0.25, 0.3) is 0 Å². The van der Waals surface area contributed by atoms with E-state index < -0.39 is 23.4 Å². The summed E-state index contributed by atoms with van der Waals surface area (Å²) in [5.74, 6) is -3.30. The maximum absolute atomic E-state index is 12.7. The summed E-state index contributed by atoms with van der Waals surface area (Å²) in [6, 6.07) is 1.39. The average Bonchev–Trinajstić information content (AvgIpc) is 2.07. The van der Waals surface area contributed by atoms with E-state index in [0.29, 0.717) is 6.07 Å². The normalized spacial score (nSPS) is 11.9. The zero-order valence-electron chi connectivity index (χ0n) is 7.25. The van der Waals surface area contributed by atoms with Crippen LogP contribution in [0.3, 0.4) is 0 Å². The Morgan fingerprint density at radius 3 is 2.14 bits per heavy atom. The highest BCUT2D eigenvalue weighted by atomic mass is 19.4. The fourth-order valence-corrected chi connectivity index (χ4v) is 1.06. The molecule has 1 aromatic carbocycles. The van der Waals surface area contributed by atoms with Crippen molar-refractivity contribution in [3.8, 4) is 0 Å². The van der Waals surface area contributed by atoms with Crippen molar-refractivity contribution >= 4 is 0 Å². The number of aryl methyl sites for hydroxylation is 1. The highest BCUT2D eigenvalue weighted by Crippen LogP contribution is 2.33. The third kappa shape index (κ3) is 2.02. The Morgan fingerprint density at radius 1 is 1.14 bits per heavy atom. The van der Waals surface area contributed by atoms with Crippen LogP contribution in [0, 0.1) is 11.6 Å². The summed E-state index contributed by atoms with van der Waals surface area (Å²) in [6.07, 6.45) is -4.63. The molecule has 0 aliphatic rings. The van der Waals surface area contributed by atoms with Gasteiger partial charge >= 0.3 is 6.18 Å². The number of halogens is 5. The maximum Gasteiger partial charge on any atom is 0.419 e. The minimum Gasteiger partial charge on any atom is -0.204 e. The van der Waals surface area contributed by atoms with Crippen LogP contribution in [0.1, 0.15) is 18.1 Å². The van der Waals surface area contributed by atoms with Crippen molar-refractivity contribution < 1.29 is 22.0 Å². The Balaban J connectivity index is 3.35. The second-order valence-corrected chi connectivity index (χ2v) is 2.79. The van der Waals surface area contributed by atoms with E-state index >= 15 is 0 Å². The lowest BCUT2D eigenvalue weighted by Crippen LogP contribution is -2.10. The first-order valence-electron chi connectivity index (χ1n) is 3.91. The second kappa shape index (κ2) is 3.55. The topological polar surface area (TPSA) is 0 Å².